The maximum atomic E-state index is 12.7. The molecular formula is C10H9ClF3N3. The van der Waals surface area contributed by atoms with Gasteiger partial charge in [-0.1, -0.05) is 18.5 Å². The third-order valence-electron chi connectivity index (χ3n) is 2.44. The van der Waals surface area contributed by atoms with Crippen LogP contribution in [-0.4, -0.2) is 9.97 Å². The summed E-state index contributed by atoms with van der Waals surface area (Å²) in [6.45, 7) is 1.83. The molecule has 0 atom stereocenters. The van der Waals surface area contributed by atoms with Crippen molar-refractivity contribution in [2.45, 2.75) is 19.5 Å². The highest BCUT2D eigenvalue weighted by atomic mass is 35.5. The van der Waals surface area contributed by atoms with E-state index < -0.39 is 16.8 Å². The molecule has 1 aromatic carbocycles. The summed E-state index contributed by atoms with van der Waals surface area (Å²) in [5.74, 6) is 0.571. The summed E-state index contributed by atoms with van der Waals surface area (Å²) in [6, 6.07) is 0.931. The first kappa shape index (κ1) is 12.0. The Bertz CT molecular complexity index is 574. The van der Waals surface area contributed by atoms with Crippen molar-refractivity contribution in [1.29, 1.82) is 0 Å². The van der Waals surface area contributed by atoms with Crippen LogP contribution in [0.2, 0.25) is 5.02 Å². The van der Waals surface area contributed by atoms with E-state index >= 15 is 0 Å². The van der Waals surface area contributed by atoms with Crippen LogP contribution >= 0.6 is 11.6 Å². The fraction of sp³-hybridized carbons (Fsp3) is 0.300. The number of nitrogens with zero attached hydrogens (tertiary/aromatic N) is 1. The first-order valence-corrected chi connectivity index (χ1v) is 5.26. The lowest BCUT2D eigenvalue weighted by atomic mass is 10.1. The fourth-order valence-corrected chi connectivity index (χ4v) is 1.83. The molecule has 0 aliphatic rings. The highest BCUT2D eigenvalue weighted by Crippen LogP contribution is 2.40. The van der Waals surface area contributed by atoms with Crippen LogP contribution in [0.3, 0.4) is 0 Å². The molecule has 92 valence electrons. The summed E-state index contributed by atoms with van der Waals surface area (Å²) in [4.78, 5) is 6.86. The number of benzene rings is 1. The van der Waals surface area contributed by atoms with Crippen LogP contribution in [0.5, 0.6) is 0 Å². The van der Waals surface area contributed by atoms with Gasteiger partial charge >= 0.3 is 6.18 Å². The van der Waals surface area contributed by atoms with Gasteiger partial charge in [0.2, 0.25) is 0 Å². The Morgan fingerprint density at radius 1 is 1.47 bits per heavy atom. The second-order valence-corrected chi connectivity index (χ2v) is 3.96. The molecule has 3 N–H and O–H groups in total. The van der Waals surface area contributed by atoms with Crippen molar-refractivity contribution in [3.8, 4) is 0 Å². The number of halogens is 4. The molecule has 17 heavy (non-hydrogen) atoms. The van der Waals surface area contributed by atoms with Crippen molar-refractivity contribution in [3.05, 3.63) is 22.5 Å². The van der Waals surface area contributed by atoms with Gasteiger partial charge in [0, 0.05) is 6.42 Å². The molecule has 2 rings (SSSR count). The predicted molar refractivity (Wildman–Crippen MR) is 59.9 cm³/mol. The maximum Gasteiger partial charge on any atom is 0.417 e. The zero-order valence-corrected chi connectivity index (χ0v) is 9.58. The quantitative estimate of drug-likeness (QED) is 0.775. The van der Waals surface area contributed by atoms with Crippen LogP contribution in [0, 0.1) is 0 Å². The van der Waals surface area contributed by atoms with Crippen LogP contribution in [0.25, 0.3) is 11.0 Å². The standard InChI is InChI=1S/C10H9ClF3N3/c1-2-6-16-5-3-4(10(12,13)14)7(11)8(15)9(5)17-6/h3H,2,15H2,1H3,(H,16,17). The number of anilines is 1. The number of nitrogens with two attached hydrogens (primary N) is 1. The van der Waals surface area contributed by atoms with Crippen LogP contribution in [0.15, 0.2) is 6.07 Å². The van der Waals surface area contributed by atoms with E-state index in [4.69, 9.17) is 17.3 Å². The van der Waals surface area contributed by atoms with Gasteiger partial charge in [-0.3, -0.25) is 0 Å². The first-order valence-electron chi connectivity index (χ1n) is 4.88. The Morgan fingerprint density at radius 3 is 2.65 bits per heavy atom. The Labute approximate surface area is 99.8 Å². The number of hydrogen-bond donors (Lipinski definition) is 2. The van der Waals surface area contributed by atoms with Gasteiger partial charge in [0.25, 0.3) is 0 Å². The number of aromatic nitrogens is 2. The number of nitrogens with one attached hydrogen (secondary N) is 1. The number of fused-ring (bicyclic) bond motifs is 1. The van der Waals surface area contributed by atoms with Gasteiger partial charge in [-0.2, -0.15) is 13.2 Å². The van der Waals surface area contributed by atoms with Gasteiger partial charge in [-0.05, 0) is 6.07 Å². The van der Waals surface area contributed by atoms with E-state index in [0.29, 0.717) is 12.2 Å². The minimum absolute atomic E-state index is 0.146. The summed E-state index contributed by atoms with van der Waals surface area (Å²) in [5, 5.41) is -0.501. The molecule has 0 radical (unpaired) electrons. The molecule has 0 amide bonds. The molecule has 0 aliphatic heterocycles. The Morgan fingerprint density at radius 2 is 2.12 bits per heavy atom. The molecule has 1 heterocycles. The molecule has 0 saturated carbocycles. The van der Waals surface area contributed by atoms with E-state index in [1.54, 1.807) is 0 Å². The average Bonchev–Trinajstić information content (AvgIpc) is 2.65. The van der Waals surface area contributed by atoms with E-state index in [2.05, 4.69) is 9.97 Å². The molecular weight excluding hydrogens is 255 g/mol. The number of aryl methyl sites for hydroxylation is 1. The van der Waals surface area contributed by atoms with Crippen LogP contribution in [0.1, 0.15) is 18.3 Å². The van der Waals surface area contributed by atoms with Gasteiger partial charge in [-0.25, -0.2) is 4.98 Å². The van der Waals surface area contributed by atoms with Crippen LogP contribution in [-0.2, 0) is 12.6 Å². The molecule has 7 heteroatoms. The van der Waals surface area contributed by atoms with Gasteiger partial charge in [0.1, 0.15) is 11.3 Å². The third kappa shape index (κ3) is 1.93. The highest BCUT2D eigenvalue weighted by molar-refractivity contribution is 6.35. The van der Waals surface area contributed by atoms with Crippen LogP contribution in [0.4, 0.5) is 18.9 Å². The van der Waals surface area contributed by atoms with Gasteiger partial charge < -0.3 is 10.7 Å². The van der Waals surface area contributed by atoms with E-state index in [9.17, 15) is 13.2 Å². The van der Waals surface area contributed by atoms with E-state index in [0.717, 1.165) is 6.07 Å². The van der Waals surface area contributed by atoms with Crippen molar-refractivity contribution in [1.82, 2.24) is 9.97 Å². The first-order chi connectivity index (χ1) is 7.84. The number of imidazole rings is 1. The largest absolute Gasteiger partial charge is 0.417 e. The minimum Gasteiger partial charge on any atom is -0.396 e. The lowest BCUT2D eigenvalue weighted by Gasteiger charge is -2.10. The molecule has 0 aliphatic carbocycles. The fourth-order valence-electron chi connectivity index (χ4n) is 1.58. The molecule has 0 spiro atoms. The zero-order valence-electron chi connectivity index (χ0n) is 8.82. The molecule has 2 aromatic rings. The summed E-state index contributed by atoms with van der Waals surface area (Å²) in [5.41, 5.74) is 5.00. The van der Waals surface area contributed by atoms with Gasteiger partial charge in [0.15, 0.2) is 0 Å². The number of hydrogen-bond acceptors (Lipinski definition) is 2. The molecule has 1 aromatic heterocycles. The molecule has 0 unspecified atom stereocenters. The SMILES string of the molecule is CCc1nc2c(N)c(Cl)c(C(F)(F)F)cc2[nH]1. The summed E-state index contributed by atoms with van der Waals surface area (Å²) >= 11 is 5.61. The predicted octanol–water partition coefficient (Wildman–Crippen LogP) is 3.38. The van der Waals surface area contributed by atoms with Crippen molar-refractivity contribution >= 4 is 28.3 Å². The number of alkyl halides is 3. The number of rotatable bonds is 1. The topological polar surface area (TPSA) is 54.7 Å². The second-order valence-electron chi connectivity index (χ2n) is 3.58. The molecule has 0 fully saturated rings. The smallest absolute Gasteiger partial charge is 0.396 e. The number of aromatic amines is 1. The van der Waals surface area contributed by atoms with Gasteiger partial charge in [0.05, 0.1) is 21.8 Å². The molecule has 0 saturated heterocycles. The zero-order chi connectivity index (χ0) is 12.8. The van der Waals surface area contributed by atoms with Crippen molar-refractivity contribution in [2.75, 3.05) is 5.73 Å². The second kappa shape index (κ2) is 3.80. The number of nitrogen functional groups attached to an aromatic ring is 1. The maximum absolute atomic E-state index is 12.7. The number of H-pyrrole nitrogens is 1. The van der Waals surface area contributed by atoms with Crippen molar-refractivity contribution < 1.29 is 13.2 Å². The normalized spacial score (nSPS) is 12.3. The highest BCUT2D eigenvalue weighted by Gasteiger charge is 2.35. The lowest BCUT2D eigenvalue weighted by Crippen LogP contribution is -2.07. The minimum atomic E-state index is -4.53. The Hall–Kier alpha value is -1.43. The average molecular weight is 264 g/mol. The summed E-state index contributed by atoms with van der Waals surface area (Å²) in [7, 11) is 0. The molecule has 3 nitrogen and oxygen atoms in total. The Kier molecular flexibility index (Phi) is 2.69. The van der Waals surface area contributed by atoms with Crippen molar-refractivity contribution in [3.63, 3.8) is 0 Å². The Balaban J connectivity index is 2.77. The van der Waals surface area contributed by atoms with E-state index in [1.807, 2.05) is 6.92 Å². The van der Waals surface area contributed by atoms with E-state index in [-0.39, 0.29) is 16.7 Å². The van der Waals surface area contributed by atoms with Crippen molar-refractivity contribution in [2.24, 2.45) is 0 Å². The summed E-state index contributed by atoms with van der Waals surface area (Å²) < 4.78 is 38.0. The van der Waals surface area contributed by atoms with E-state index in [1.165, 1.54) is 0 Å². The molecule has 0 bridgehead atoms. The van der Waals surface area contributed by atoms with Gasteiger partial charge in [-0.15, -0.1) is 0 Å². The van der Waals surface area contributed by atoms with Crippen LogP contribution < -0.4 is 5.73 Å². The lowest BCUT2D eigenvalue weighted by molar-refractivity contribution is -0.137. The summed E-state index contributed by atoms with van der Waals surface area (Å²) in [6.07, 6.45) is -3.95. The monoisotopic (exact) mass is 263 g/mol. The third-order valence-corrected chi connectivity index (χ3v) is 2.85.